The van der Waals surface area contributed by atoms with Crippen LogP contribution in [-0.2, 0) is 29.8 Å². The Labute approximate surface area is 330 Å². The molecule has 3 rings (SSSR count). The minimum absolute atomic E-state index is 0.0207. The minimum Gasteiger partial charge on any atom is -0.494 e. The predicted octanol–water partition coefficient (Wildman–Crippen LogP) is 11.2. The van der Waals surface area contributed by atoms with Crippen molar-refractivity contribution >= 4 is 0 Å². The molecule has 3 aromatic rings. The van der Waals surface area contributed by atoms with Gasteiger partial charge in [-0.15, -0.1) is 0 Å². The van der Waals surface area contributed by atoms with Gasteiger partial charge in [0, 0.05) is 13.2 Å². The van der Waals surface area contributed by atoms with Crippen molar-refractivity contribution in [2.24, 2.45) is 0 Å². The highest BCUT2D eigenvalue weighted by Gasteiger charge is 2.17. The summed E-state index contributed by atoms with van der Waals surface area (Å²) in [4.78, 5) is 0. The fourth-order valence-corrected chi connectivity index (χ4v) is 4.67. The zero-order valence-electron chi connectivity index (χ0n) is 35.5. The summed E-state index contributed by atoms with van der Waals surface area (Å²) in [6.07, 6.45) is 3.18. The molecule has 312 valence electrons. The van der Waals surface area contributed by atoms with Gasteiger partial charge >= 0.3 is 0 Å². The summed E-state index contributed by atoms with van der Waals surface area (Å²) in [6, 6.07) is 15.3. The Hall–Kier alpha value is -3.31. The Balaban J connectivity index is 0.000000428. The number of benzene rings is 3. The lowest BCUT2D eigenvalue weighted by Gasteiger charge is -2.19. The molecule has 0 heterocycles. The monoisotopic (exact) mass is 778 g/mol. The van der Waals surface area contributed by atoms with E-state index < -0.39 is 0 Å². The second-order valence-corrected chi connectivity index (χ2v) is 15.3. The fraction of sp³-hybridized carbons (Fsp3) is 0.600. The van der Waals surface area contributed by atoms with Gasteiger partial charge in [0.15, 0.2) is 34.7 Å². The largest absolute Gasteiger partial charge is 0.494 e. The topological polar surface area (TPSA) is 64.6 Å². The highest BCUT2D eigenvalue weighted by Crippen LogP contribution is 2.28. The molecule has 0 spiro atoms. The minimum atomic E-state index is -0.327. The molecule has 0 N–H and O–H groups in total. The number of rotatable bonds is 21. The van der Waals surface area contributed by atoms with Crippen molar-refractivity contribution in [2.75, 3.05) is 73.2 Å². The number of unbranched alkanes of at least 4 members (excludes halogenated alkanes) is 1. The van der Waals surface area contributed by atoms with E-state index in [2.05, 4.69) is 34.6 Å². The summed E-state index contributed by atoms with van der Waals surface area (Å²) in [5.41, 5.74) is 2.84. The van der Waals surface area contributed by atoms with E-state index in [1.807, 2.05) is 52.8 Å². The molecular formula is C45H69F3O7. The van der Waals surface area contributed by atoms with Gasteiger partial charge in [-0.25, -0.2) is 13.2 Å². The lowest BCUT2D eigenvalue weighted by atomic mass is 9.87. The van der Waals surface area contributed by atoms with Gasteiger partial charge < -0.3 is 33.2 Å². The van der Waals surface area contributed by atoms with Gasteiger partial charge in [-0.2, -0.15) is 0 Å². The molecule has 0 fully saturated rings. The van der Waals surface area contributed by atoms with E-state index in [4.69, 9.17) is 33.2 Å². The van der Waals surface area contributed by atoms with E-state index in [9.17, 15) is 13.2 Å². The Bertz CT molecular complexity index is 1450. The summed E-state index contributed by atoms with van der Waals surface area (Å²) in [5.74, 6) is 0.235. The van der Waals surface area contributed by atoms with Crippen LogP contribution in [-0.4, -0.2) is 73.2 Å². The third-order valence-corrected chi connectivity index (χ3v) is 8.14. The number of hydrogen-bond acceptors (Lipinski definition) is 7. The van der Waals surface area contributed by atoms with Crippen LogP contribution in [0.1, 0.15) is 111 Å². The molecule has 0 atom stereocenters. The van der Waals surface area contributed by atoms with Gasteiger partial charge in [0.2, 0.25) is 0 Å². The molecule has 0 aliphatic carbocycles. The maximum absolute atomic E-state index is 13.8. The predicted molar refractivity (Wildman–Crippen MR) is 217 cm³/mol. The zero-order chi connectivity index (χ0) is 41.3. The number of ether oxygens (including phenoxy) is 7. The van der Waals surface area contributed by atoms with Crippen molar-refractivity contribution in [1.82, 2.24) is 0 Å². The average Bonchev–Trinajstić information content (AvgIpc) is 3.12. The van der Waals surface area contributed by atoms with Gasteiger partial charge in [-0.3, -0.25) is 0 Å². The molecule has 0 radical (unpaired) electrons. The molecule has 55 heavy (non-hydrogen) atoms. The number of methoxy groups -OCH3 is 1. The SMILES string of the molecule is CCCCOCCOc1ccc(C(C)(C)C)cc1F.CCCOCCOCCOCCOc1ccc(C(C)C)cc1F.COc1ccc(C(C)(C)C)cc1F. The molecule has 0 aliphatic rings. The van der Waals surface area contributed by atoms with Crippen LogP contribution < -0.4 is 14.2 Å². The van der Waals surface area contributed by atoms with Crippen LogP contribution in [0.3, 0.4) is 0 Å². The Morgan fingerprint density at radius 1 is 0.491 bits per heavy atom. The summed E-state index contributed by atoms with van der Waals surface area (Å²) in [5, 5.41) is 0. The maximum atomic E-state index is 13.8. The van der Waals surface area contributed by atoms with Gasteiger partial charge in [0.25, 0.3) is 0 Å². The van der Waals surface area contributed by atoms with Crippen molar-refractivity contribution in [2.45, 2.75) is 105 Å². The van der Waals surface area contributed by atoms with Crippen molar-refractivity contribution in [1.29, 1.82) is 0 Å². The molecule has 0 saturated heterocycles. The summed E-state index contributed by atoms with van der Waals surface area (Å²) < 4.78 is 77.9. The highest BCUT2D eigenvalue weighted by atomic mass is 19.1. The quantitative estimate of drug-likeness (QED) is 0.0998. The lowest BCUT2D eigenvalue weighted by molar-refractivity contribution is 0.00926. The van der Waals surface area contributed by atoms with E-state index in [-0.39, 0.29) is 34.0 Å². The Morgan fingerprint density at radius 2 is 0.891 bits per heavy atom. The second-order valence-electron chi connectivity index (χ2n) is 15.3. The molecule has 0 amide bonds. The second kappa shape index (κ2) is 27.3. The normalized spacial score (nSPS) is 11.4. The summed E-state index contributed by atoms with van der Waals surface area (Å²) in [6.45, 7) is 25.9. The molecular weight excluding hydrogens is 709 g/mol. The van der Waals surface area contributed by atoms with Crippen LogP contribution in [0.4, 0.5) is 13.2 Å². The Kier molecular flexibility index (Phi) is 24.7. The summed E-state index contributed by atoms with van der Waals surface area (Å²) in [7, 11) is 1.47. The first-order valence-corrected chi connectivity index (χ1v) is 19.5. The molecule has 10 heteroatoms. The van der Waals surface area contributed by atoms with Crippen LogP contribution in [0.5, 0.6) is 17.2 Å². The zero-order valence-corrected chi connectivity index (χ0v) is 35.5. The van der Waals surface area contributed by atoms with E-state index in [0.29, 0.717) is 70.3 Å². The fourth-order valence-electron chi connectivity index (χ4n) is 4.67. The van der Waals surface area contributed by atoms with E-state index in [1.54, 1.807) is 24.3 Å². The first-order valence-electron chi connectivity index (χ1n) is 19.5. The first-order chi connectivity index (χ1) is 26.0. The van der Waals surface area contributed by atoms with Crippen molar-refractivity contribution in [3.05, 3.63) is 88.7 Å². The lowest BCUT2D eigenvalue weighted by Crippen LogP contribution is -2.13. The average molecular weight is 779 g/mol. The molecule has 0 aromatic heterocycles. The van der Waals surface area contributed by atoms with Gasteiger partial charge in [0.1, 0.15) is 13.2 Å². The maximum Gasteiger partial charge on any atom is 0.165 e. The highest BCUT2D eigenvalue weighted by molar-refractivity contribution is 5.34. The van der Waals surface area contributed by atoms with Crippen LogP contribution >= 0.6 is 0 Å². The van der Waals surface area contributed by atoms with Gasteiger partial charge in [-0.1, -0.05) is 93.9 Å². The van der Waals surface area contributed by atoms with Gasteiger partial charge in [-0.05, 0) is 82.7 Å². The Morgan fingerprint density at radius 3 is 1.27 bits per heavy atom. The molecule has 0 bridgehead atoms. The van der Waals surface area contributed by atoms with Crippen molar-refractivity contribution < 1.29 is 46.3 Å². The third kappa shape index (κ3) is 21.5. The van der Waals surface area contributed by atoms with Crippen molar-refractivity contribution in [3.63, 3.8) is 0 Å². The van der Waals surface area contributed by atoms with E-state index in [0.717, 1.165) is 49.2 Å². The van der Waals surface area contributed by atoms with Gasteiger partial charge in [0.05, 0.1) is 46.8 Å². The van der Waals surface area contributed by atoms with Crippen LogP contribution in [0.25, 0.3) is 0 Å². The standard InChI is InChI=1S/C18H29FO4.C16H25FO2.C11H15FO/c1-4-7-20-8-9-21-10-11-22-12-13-23-18-6-5-16(15(2)3)14-17(18)19;1-5-6-9-18-10-11-19-15-8-7-13(12-14(15)17)16(2,3)4;1-11(2,3)8-5-6-10(13-4)9(12)7-8/h5-6,14-15H,4,7-13H2,1-3H3;7-8,12H,5-6,9-11H2,1-4H3;5-7H,1-4H3. The van der Waals surface area contributed by atoms with Crippen LogP contribution in [0.2, 0.25) is 0 Å². The van der Waals surface area contributed by atoms with E-state index in [1.165, 1.54) is 19.2 Å². The first kappa shape index (κ1) is 49.7. The number of halogens is 3. The molecule has 7 nitrogen and oxygen atoms in total. The van der Waals surface area contributed by atoms with Crippen molar-refractivity contribution in [3.8, 4) is 17.2 Å². The molecule has 0 aliphatic heterocycles. The number of hydrogen-bond donors (Lipinski definition) is 0. The van der Waals surface area contributed by atoms with E-state index >= 15 is 0 Å². The van der Waals surface area contributed by atoms with Crippen LogP contribution in [0.15, 0.2) is 54.6 Å². The molecule has 3 aromatic carbocycles. The third-order valence-electron chi connectivity index (χ3n) is 8.14. The molecule has 0 unspecified atom stereocenters. The smallest absolute Gasteiger partial charge is 0.165 e. The van der Waals surface area contributed by atoms with Crippen LogP contribution in [0, 0.1) is 17.5 Å². The summed E-state index contributed by atoms with van der Waals surface area (Å²) >= 11 is 0. The molecule has 0 saturated carbocycles.